The number of fused-ring (bicyclic) bond motifs is 1. The lowest BCUT2D eigenvalue weighted by Gasteiger charge is -2.27. The largest absolute Gasteiger partial charge is 0.495 e. The second-order valence-corrected chi connectivity index (χ2v) is 8.33. The van der Waals surface area contributed by atoms with E-state index in [9.17, 15) is 9.59 Å². The van der Waals surface area contributed by atoms with Crippen molar-refractivity contribution >= 4 is 40.0 Å². The van der Waals surface area contributed by atoms with Crippen LogP contribution in [0.1, 0.15) is 29.1 Å². The Hall–Kier alpha value is -3.35. The lowest BCUT2D eigenvalue weighted by Crippen LogP contribution is -2.35. The molecule has 0 saturated heterocycles. The minimum atomic E-state index is -0.561. The van der Waals surface area contributed by atoms with Crippen LogP contribution in [0, 0.1) is 0 Å². The summed E-state index contributed by atoms with van der Waals surface area (Å²) < 4.78 is 7.01. The topological polar surface area (TPSA) is 64.4 Å². The summed E-state index contributed by atoms with van der Waals surface area (Å²) in [6, 6.07) is 18.5. The molecule has 3 aromatic carbocycles. The van der Waals surface area contributed by atoms with Crippen LogP contribution in [-0.2, 0) is 0 Å². The molecule has 0 aliphatic heterocycles. The van der Waals surface area contributed by atoms with Crippen LogP contribution in [0.2, 0.25) is 10.0 Å². The first-order valence-electron chi connectivity index (χ1n) is 10.2. The molecule has 1 atom stereocenters. The van der Waals surface area contributed by atoms with Crippen LogP contribution in [0.5, 0.6) is 5.75 Å². The second kappa shape index (κ2) is 9.25. The molecular weight excluding hydrogens is 461 g/mol. The number of para-hydroxylation sites is 3. The summed E-state index contributed by atoms with van der Waals surface area (Å²) in [6.07, 6.45) is 0. The predicted octanol–water partition coefficient (Wildman–Crippen LogP) is 5.53. The molecule has 0 aliphatic rings. The van der Waals surface area contributed by atoms with E-state index >= 15 is 0 Å². The quantitative estimate of drug-likeness (QED) is 0.375. The van der Waals surface area contributed by atoms with E-state index < -0.39 is 6.04 Å². The van der Waals surface area contributed by atoms with Gasteiger partial charge in [0.15, 0.2) is 0 Å². The van der Waals surface area contributed by atoms with Crippen LogP contribution in [0.4, 0.5) is 0 Å². The Balaban J connectivity index is 1.89. The summed E-state index contributed by atoms with van der Waals surface area (Å²) in [6.45, 7) is 1.82. The lowest BCUT2D eigenvalue weighted by atomic mass is 10.1. The molecule has 4 aromatic rings. The zero-order valence-electron chi connectivity index (χ0n) is 18.3. The van der Waals surface area contributed by atoms with E-state index in [-0.39, 0.29) is 11.5 Å². The van der Waals surface area contributed by atoms with Crippen LogP contribution in [0.3, 0.4) is 0 Å². The van der Waals surface area contributed by atoms with E-state index in [0.29, 0.717) is 43.8 Å². The smallest absolute Gasteiger partial charge is 0.266 e. The van der Waals surface area contributed by atoms with Crippen LogP contribution in [0.25, 0.3) is 16.6 Å². The van der Waals surface area contributed by atoms with Gasteiger partial charge in [0.2, 0.25) is 0 Å². The van der Waals surface area contributed by atoms with Gasteiger partial charge in [0.05, 0.1) is 39.8 Å². The first-order chi connectivity index (χ1) is 15.8. The van der Waals surface area contributed by atoms with Crippen molar-refractivity contribution in [2.75, 3.05) is 14.2 Å². The minimum absolute atomic E-state index is 0.248. The van der Waals surface area contributed by atoms with Gasteiger partial charge in [-0.15, -0.1) is 0 Å². The third kappa shape index (κ3) is 4.19. The highest BCUT2D eigenvalue weighted by atomic mass is 35.5. The van der Waals surface area contributed by atoms with Gasteiger partial charge in [-0.25, -0.2) is 4.98 Å². The first kappa shape index (κ1) is 22.8. The molecule has 33 heavy (non-hydrogen) atoms. The lowest BCUT2D eigenvalue weighted by molar-refractivity contribution is 0.0735. The molecule has 0 spiro atoms. The first-order valence-corrected chi connectivity index (χ1v) is 11.0. The number of nitrogens with zero attached hydrogens (tertiary/aromatic N) is 3. The molecule has 1 heterocycles. The van der Waals surface area contributed by atoms with Crippen molar-refractivity contribution in [2.45, 2.75) is 13.0 Å². The Morgan fingerprint density at radius 2 is 1.73 bits per heavy atom. The molecule has 1 unspecified atom stereocenters. The number of hydrogen-bond donors (Lipinski definition) is 0. The molecule has 0 aliphatic carbocycles. The monoisotopic (exact) mass is 481 g/mol. The van der Waals surface area contributed by atoms with Crippen molar-refractivity contribution in [3.8, 4) is 11.4 Å². The summed E-state index contributed by atoms with van der Waals surface area (Å²) in [7, 11) is 3.20. The maximum Gasteiger partial charge on any atom is 0.266 e. The van der Waals surface area contributed by atoms with Gasteiger partial charge in [-0.2, -0.15) is 0 Å². The van der Waals surface area contributed by atoms with Crippen LogP contribution >= 0.6 is 23.2 Å². The molecule has 1 amide bonds. The molecule has 0 radical (unpaired) electrons. The van der Waals surface area contributed by atoms with Crippen molar-refractivity contribution in [3.63, 3.8) is 0 Å². The zero-order chi connectivity index (χ0) is 23.7. The summed E-state index contributed by atoms with van der Waals surface area (Å²) in [5.41, 5.74) is 1.22. The number of halogens is 2. The highest BCUT2D eigenvalue weighted by Crippen LogP contribution is 2.29. The summed E-state index contributed by atoms with van der Waals surface area (Å²) in [4.78, 5) is 33.1. The summed E-state index contributed by atoms with van der Waals surface area (Å²) in [5, 5.41) is 1.13. The summed E-state index contributed by atoms with van der Waals surface area (Å²) in [5.74, 6) is 0.637. The number of carbonyl (C=O) groups excluding carboxylic acids is 1. The van der Waals surface area contributed by atoms with Crippen LogP contribution in [0.15, 0.2) is 71.5 Å². The molecule has 0 N–H and O–H groups in total. The van der Waals surface area contributed by atoms with E-state index in [4.69, 9.17) is 32.9 Å². The fourth-order valence-electron chi connectivity index (χ4n) is 3.66. The van der Waals surface area contributed by atoms with Gasteiger partial charge in [-0.05, 0) is 49.4 Å². The fraction of sp³-hybridized carbons (Fsp3) is 0.160. The molecular formula is C25H21Cl2N3O3. The SMILES string of the molecule is COc1ccccc1-n1c(C(C)N(C)C(=O)c2ccc(Cl)c(Cl)c2)nc2ccccc2c1=O. The number of amides is 1. The van der Waals surface area contributed by atoms with Gasteiger partial charge in [0.1, 0.15) is 11.6 Å². The van der Waals surface area contributed by atoms with Crippen molar-refractivity contribution in [1.29, 1.82) is 0 Å². The Kier molecular flexibility index (Phi) is 6.40. The number of methoxy groups -OCH3 is 1. The Morgan fingerprint density at radius 3 is 2.45 bits per heavy atom. The third-order valence-electron chi connectivity index (χ3n) is 5.57. The standard InChI is InChI=1S/C25H21Cl2N3O3/c1-15(29(2)24(31)16-12-13-18(26)19(27)14-16)23-28-20-9-5-4-8-17(20)25(32)30(23)21-10-6-7-11-22(21)33-3/h4-15H,1-3H3. The molecule has 168 valence electrons. The number of hydrogen-bond acceptors (Lipinski definition) is 4. The third-order valence-corrected chi connectivity index (χ3v) is 6.31. The highest BCUT2D eigenvalue weighted by molar-refractivity contribution is 6.42. The zero-order valence-corrected chi connectivity index (χ0v) is 19.8. The Morgan fingerprint density at radius 1 is 1.03 bits per heavy atom. The number of carbonyl (C=O) groups is 1. The maximum atomic E-state index is 13.6. The number of benzene rings is 3. The van der Waals surface area contributed by atoms with Gasteiger partial charge in [-0.3, -0.25) is 14.2 Å². The average Bonchev–Trinajstić information content (AvgIpc) is 2.84. The molecule has 0 saturated carbocycles. The molecule has 1 aromatic heterocycles. The number of aromatic nitrogens is 2. The molecule has 0 fully saturated rings. The fourth-order valence-corrected chi connectivity index (χ4v) is 3.96. The molecule has 4 rings (SSSR count). The van der Waals surface area contributed by atoms with Crippen molar-refractivity contribution < 1.29 is 9.53 Å². The van der Waals surface area contributed by atoms with E-state index in [2.05, 4.69) is 0 Å². The van der Waals surface area contributed by atoms with Crippen molar-refractivity contribution in [1.82, 2.24) is 14.5 Å². The van der Waals surface area contributed by atoms with E-state index in [1.54, 1.807) is 56.6 Å². The minimum Gasteiger partial charge on any atom is -0.495 e. The van der Waals surface area contributed by atoms with E-state index in [0.717, 1.165) is 0 Å². The van der Waals surface area contributed by atoms with Crippen LogP contribution < -0.4 is 10.3 Å². The van der Waals surface area contributed by atoms with Crippen LogP contribution in [-0.4, -0.2) is 34.5 Å². The Bertz CT molecular complexity index is 1420. The second-order valence-electron chi connectivity index (χ2n) is 7.52. The number of ether oxygens (including phenoxy) is 1. The molecule has 0 bridgehead atoms. The molecule has 6 nitrogen and oxygen atoms in total. The van der Waals surface area contributed by atoms with E-state index in [1.807, 2.05) is 25.1 Å². The number of rotatable bonds is 5. The van der Waals surface area contributed by atoms with Crippen molar-refractivity contribution in [2.24, 2.45) is 0 Å². The normalized spacial score (nSPS) is 11.9. The Labute approximate surface area is 201 Å². The van der Waals surface area contributed by atoms with Crippen molar-refractivity contribution in [3.05, 3.63) is 98.5 Å². The highest BCUT2D eigenvalue weighted by Gasteiger charge is 2.26. The summed E-state index contributed by atoms with van der Waals surface area (Å²) >= 11 is 12.1. The maximum absolute atomic E-state index is 13.6. The van der Waals surface area contributed by atoms with Gasteiger partial charge >= 0.3 is 0 Å². The molecule has 8 heteroatoms. The van der Waals surface area contributed by atoms with Gasteiger partial charge in [-0.1, -0.05) is 47.5 Å². The van der Waals surface area contributed by atoms with Gasteiger partial charge in [0.25, 0.3) is 11.5 Å². The van der Waals surface area contributed by atoms with E-state index in [1.165, 1.54) is 15.5 Å². The predicted molar refractivity (Wildman–Crippen MR) is 131 cm³/mol. The van der Waals surface area contributed by atoms with Gasteiger partial charge < -0.3 is 9.64 Å². The average molecular weight is 482 g/mol. The van der Waals surface area contributed by atoms with Gasteiger partial charge in [0, 0.05) is 12.6 Å².